The molecule has 156 valence electrons. The van der Waals surface area contributed by atoms with E-state index in [1.807, 2.05) is 31.3 Å². The van der Waals surface area contributed by atoms with E-state index in [9.17, 15) is 4.79 Å². The number of anilines is 2. The Morgan fingerprint density at radius 3 is 2.77 bits per heavy atom. The number of aromatic amines is 1. The summed E-state index contributed by atoms with van der Waals surface area (Å²) in [6.45, 7) is 3.05. The largest absolute Gasteiger partial charge is 0.361 e. The Labute approximate surface area is 177 Å². The van der Waals surface area contributed by atoms with Gasteiger partial charge in [-0.2, -0.15) is 0 Å². The number of fused-ring (bicyclic) bond motifs is 1. The fourth-order valence-corrected chi connectivity index (χ4v) is 4.56. The molecule has 1 aromatic carbocycles. The van der Waals surface area contributed by atoms with Crippen LogP contribution in [0.15, 0.2) is 36.8 Å². The third kappa shape index (κ3) is 4.04. The summed E-state index contributed by atoms with van der Waals surface area (Å²) in [6, 6.07) is 8.46. The monoisotopic (exact) mass is 403 g/mol. The van der Waals surface area contributed by atoms with E-state index in [-0.39, 0.29) is 5.91 Å². The first-order valence-corrected chi connectivity index (χ1v) is 11.1. The topological polar surface area (TPSA) is 73.9 Å². The van der Waals surface area contributed by atoms with Gasteiger partial charge >= 0.3 is 0 Å². The van der Waals surface area contributed by atoms with Crippen molar-refractivity contribution in [1.82, 2.24) is 15.0 Å². The van der Waals surface area contributed by atoms with E-state index >= 15 is 0 Å². The van der Waals surface area contributed by atoms with Gasteiger partial charge in [-0.1, -0.05) is 19.3 Å². The van der Waals surface area contributed by atoms with Crippen molar-refractivity contribution in [2.45, 2.75) is 57.9 Å². The molecule has 0 unspecified atom stereocenters. The quantitative estimate of drug-likeness (QED) is 0.603. The molecule has 2 fully saturated rings. The van der Waals surface area contributed by atoms with Gasteiger partial charge in [0.05, 0.1) is 0 Å². The normalized spacial score (nSPS) is 17.2. The molecule has 2 aromatic heterocycles. The molecule has 0 atom stereocenters. The van der Waals surface area contributed by atoms with Crippen molar-refractivity contribution in [2.24, 2.45) is 5.92 Å². The van der Waals surface area contributed by atoms with Gasteiger partial charge in [0.1, 0.15) is 17.8 Å². The molecule has 0 bridgehead atoms. The smallest absolute Gasteiger partial charge is 0.274 e. The third-order valence-corrected chi connectivity index (χ3v) is 6.49. The van der Waals surface area contributed by atoms with Crippen molar-refractivity contribution < 1.29 is 4.79 Å². The van der Waals surface area contributed by atoms with Crippen LogP contribution in [0.1, 0.15) is 61.0 Å². The van der Waals surface area contributed by atoms with Gasteiger partial charge in [0.2, 0.25) is 0 Å². The van der Waals surface area contributed by atoms with E-state index in [2.05, 4.69) is 31.2 Å². The Bertz CT molecular complexity index is 1050. The average molecular weight is 404 g/mol. The fourth-order valence-electron chi connectivity index (χ4n) is 4.56. The summed E-state index contributed by atoms with van der Waals surface area (Å²) in [5.41, 5.74) is 3.32. The van der Waals surface area contributed by atoms with E-state index in [4.69, 9.17) is 0 Å². The lowest BCUT2D eigenvalue weighted by atomic mass is 9.94. The van der Waals surface area contributed by atoms with Gasteiger partial charge in [0.25, 0.3) is 5.91 Å². The number of nitrogens with one attached hydrogen (secondary N) is 2. The van der Waals surface area contributed by atoms with Crippen molar-refractivity contribution in [3.8, 4) is 0 Å². The minimum atomic E-state index is -0.188. The highest BCUT2D eigenvalue weighted by molar-refractivity contribution is 6.04. The summed E-state index contributed by atoms with van der Waals surface area (Å²) < 4.78 is 0. The second kappa shape index (κ2) is 8.09. The fraction of sp³-hybridized carbons (Fsp3) is 0.458. The highest BCUT2D eigenvalue weighted by Crippen LogP contribution is 2.34. The van der Waals surface area contributed by atoms with Gasteiger partial charge in [-0.25, -0.2) is 9.97 Å². The first-order valence-electron chi connectivity index (χ1n) is 11.1. The average Bonchev–Trinajstić information content (AvgIpc) is 3.49. The zero-order chi connectivity index (χ0) is 20.5. The molecule has 2 aliphatic carbocycles. The van der Waals surface area contributed by atoms with Gasteiger partial charge in [-0.05, 0) is 62.3 Å². The summed E-state index contributed by atoms with van der Waals surface area (Å²) in [4.78, 5) is 27.5. The van der Waals surface area contributed by atoms with Crippen LogP contribution in [0.5, 0.6) is 0 Å². The van der Waals surface area contributed by atoms with E-state index in [0.29, 0.717) is 11.7 Å². The Morgan fingerprint density at radius 2 is 1.97 bits per heavy atom. The molecule has 2 aliphatic rings. The third-order valence-electron chi connectivity index (χ3n) is 6.49. The SMILES string of the molecule is Cc1cc2[nH]ccc2cc1NC(=O)c1cc(N(CC2CC2)C2CCCCC2)ncn1. The number of rotatable bonds is 6. The number of nitrogens with zero attached hydrogens (tertiary/aromatic N) is 3. The minimum absolute atomic E-state index is 0.188. The van der Waals surface area contributed by atoms with Crippen LogP contribution >= 0.6 is 0 Å². The highest BCUT2D eigenvalue weighted by atomic mass is 16.1. The number of amides is 1. The maximum Gasteiger partial charge on any atom is 0.274 e. The minimum Gasteiger partial charge on any atom is -0.361 e. The summed E-state index contributed by atoms with van der Waals surface area (Å²) in [5.74, 6) is 1.48. The number of benzene rings is 1. The molecule has 0 radical (unpaired) electrons. The zero-order valence-corrected chi connectivity index (χ0v) is 17.5. The first kappa shape index (κ1) is 19.1. The molecule has 2 N–H and O–H groups in total. The van der Waals surface area contributed by atoms with Gasteiger partial charge < -0.3 is 15.2 Å². The van der Waals surface area contributed by atoms with Crippen LogP contribution in [0.2, 0.25) is 0 Å². The van der Waals surface area contributed by atoms with Crippen LogP contribution in [0.3, 0.4) is 0 Å². The maximum atomic E-state index is 13.0. The standard InChI is InChI=1S/C24H29N5O/c1-16-11-21-18(9-10-25-21)12-20(16)28-24(30)22-13-23(27-15-26-22)29(14-17-7-8-17)19-5-3-2-4-6-19/h9-13,15,17,19,25H,2-8,14H2,1H3,(H,28,30). The van der Waals surface area contributed by atoms with Crippen molar-refractivity contribution >= 4 is 28.3 Å². The number of hydrogen-bond donors (Lipinski definition) is 2. The molecule has 6 heteroatoms. The number of H-pyrrole nitrogens is 1. The van der Waals surface area contributed by atoms with Crippen molar-refractivity contribution in [3.05, 3.63) is 48.0 Å². The van der Waals surface area contributed by atoms with E-state index < -0.39 is 0 Å². The summed E-state index contributed by atoms with van der Waals surface area (Å²) >= 11 is 0. The van der Waals surface area contributed by atoms with Crippen molar-refractivity contribution in [3.63, 3.8) is 0 Å². The lowest BCUT2D eigenvalue weighted by molar-refractivity contribution is 0.102. The molecule has 2 heterocycles. The van der Waals surface area contributed by atoms with Gasteiger partial charge in [0.15, 0.2) is 0 Å². The second-order valence-electron chi connectivity index (χ2n) is 8.84. The van der Waals surface area contributed by atoms with E-state index in [1.54, 1.807) is 0 Å². The maximum absolute atomic E-state index is 13.0. The summed E-state index contributed by atoms with van der Waals surface area (Å²) in [6.07, 6.45) is 12.4. The molecule has 0 aliphatic heterocycles. The Hall–Kier alpha value is -2.89. The molecule has 0 spiro atoms. The van der Waals surface area contributed by atoms with Crippen LogP contribution < -0.4 is 10.2 Å². The summed E-state index contributed by atoms with van der Waals surface area (Å²) in [7, 11) is 0. The summed E-state index contributed by atoms with van der Waals surface area (Å²) in [5, 5.41) is 4.12. The zero-order valence-electron chi connectivity index (χ0n) is 17.5. The van der Waals surface area contributed by atoms with Crippen LogP contribution in [0.4, 0.5) is 11.5 Å². The predicted octanol–water partition coefficient (Wildman–Crippen LogP) is 5.07. The number of aryl methyl sites for hydroxylation is 1. The van der Waals surface area contributed by atoms with E-state index in [0.717, 1.165) is 40.4 Å². The van der Waals surface area contributed by atoms with Gasteiger partial charge in [-0.15, -0.1) is 0 Å². The number of hydrogen-bond acceptors (Lipinski definition) is 4. The molecule has 5 rings (SSSR count). The second-order valence-corrected chi connectivity index (χ2v) is 8.84. The van der Waals surface area contributed by atoms with Crippen LogP contribution in [-0.4, -0.2) is 33.4 Å². The lowest BCUT2D eigenvalue weighted by Crippen LogP contribution is -2.39. The molecule has 3 aromatic rings. The number of carbonyl (C=O) groups excluding carboxylic acids is 1. The predicted molar refractivity (Wildman–Crippen MR) is 120 cm³/mol. The van der Waals surface area contributed by atoms with Gasteiger partial charge in [-0.3, -0.25) is 4.79 Å². The van der Waals surface area contributed by atoms with Gasteiger partial charge in [0, 0.05) is 41.4 Å². The van der Waals surface area contributed by atoms with Crippen LogP contribution in [0, 0.1) is 12.8 Å². The highest BCUT2D eigenvalue weighted by Gasteiger charge is 2.30. The van der Waals surface area contributed by atoms with Crippen molar-refractivity contribution in [1.29, 1.82) is 0 Å². The lowest BCUT2D eigenvalue weighted by Gasteiger charge is -2.35. The molecule has 30 heavy (non-hydrogen) atoms. The first-order chi connectivity index (χ1) is 14.7. The van der Waals surface area contributed by atoms with Crippen LogP contribution in [-0.2, 0) is 0 Å². The Morgan fingerprint density at radius 1 is 1.13 bits per heavy atom. The van der Waals surface area contributed by atoms with Crippen molar-refractivity contribution in [2.75, 3.05) is 16.8 Å². The molecular formula is C24H29N5O. The molecule has 2 saturated carbocycles. The molecule has 1 amide bonds. The number of carbonyl (C=O) groups is 1. The number of aromatic nitrogens is 3. The van der Waals surface area contributed by atoms with E-state index in [1.165, 1.54) is 51.3 Å². The Balaban J connectivity index is 1.38. The molecule has 0 saturated heterocycles. The Kier molecular flexibility index (Phi) is 5.15. The van der Waals surface area contributed by atoms with Crippen LogP contribution in [0.25, 0.3) is 10.9 Å². The molecular weight excluding hydrogens is 374 g/mol. The molecule has 6 nitrogen and oxygen atoms in total.